The van der Waals surface area contributed by atoms with E-state index in [-0.39, 0.29) is 24.2 Å². The fraction of sp³-hybridized carbons (Fsp3) is 0.429. The predicted octanol–water partition coefficient (Wildman–Crippen LogP) is 3.54. The van der Waals surface area contributed by atoms with Gasteiger partial charge in [-0.3, -0.25) is 14.5 Å². The summed E-state index contributed by atoms with van der Waals surface area (Å²) in [6.07, 6.45) is 2.08. The van der Waals surface area contributed by atoms with E-state index in [1.165, 1.54) is 22.6 Å². The Labute approximate surface area is 169 Å². The van der Waals surface area contributed by atoms with E-state index in [0.29, 0.717) is 31.9 Å². The van der Waals surface area contributed by atoms with Crippen molar-refractivity contribution in [2.75, 3.05) is 38.0 Å². The summed E-state index contributed by atoms with van der Waals surface area (Å²) in [6.45, 7) is 7.03. The molecule has 0 saturated carbocycles. The largest absolute Gasteiger partial charge is 0.335 e. The van der Waals surface area contributed by atoms with Gasteiger partial charge in [0.25, 0.3) is 5.91 Å². The number of hydrogen-bond donors (Lipinski definition) is 1. The van der Waals surface area contributed by atoms with Crippen LogP contribution in [0.2, 0.25) is 0 Å². The summed E-state index contributed by atoms with van der Waals surface area (Å²) in [5.41, 5.74) is 1.85. The number of halogens is 1. The standard InChI is InChI=1S/C21H26FN3O2S/c1-3-4-16-13-19(28-15(16)2)21(27)25-11-9-24(10-12-25)14-20(26)23-18-7-5-17(22)6-8-18/h5-8,13H,3-4,9-12,14H2,1-2H3,(H,23,26). The third-order valence-corrected chi connectivity index (χ3v) is 5.99. The number of piperazine rings is 1. The lowest BCUT2D eigenvalue weighted by Gasteiger charge is -2.34. The molecule has 0 atom stereocenters. The Kier molecular flexibility index (Phi) is 6.80. The van der Waals surface area contributed by atoms with Crippen LogP contribution < -0.4 is 5.32 Å². The van der Waals surface area contributed by atoms with Gasteiger partial charge < -0.3 is 10.2 Å². The molecule has 0 aliphatic carbocycles. The number of nitrogens with one attached hydrogen (secondary N) is 1. The summed E-state index contributed by atoms with van der Waals surface area (Å²) in [7, 11) is 0. The lowest BCUT2D eigenvalue weighted by atomic mass is 10.1. The second-order valence-corrected chi connectivity index (χ2v) is 8.32. The first-order valence-corrected chi connectivity index (χ1v) is 10.4. The lowest BCUT2D eigenvalue weighted by molar-refractivity contribution is -0.117. The van der Waals surface area contributed by atoms with E-state index in [1.807, 2.05) is 15.9 Å². The lowest BCUT2D eigenvalue weighted by Crippen LogP contribution is -2.50. The van der Waals surface area contributed by atoms with Gasteiger partial charge in [0.1, 0.15) is 5.82 Å². The number of aryl methyl sites for hydroxylation is 2. The molecule has 1 aromatic heterocycles. The summed E-state index contributed by atoms with van der Waals surface area (Å²) in [5, 5.41) is 2.77. The Morgan fingerprint density at radius 3 is 2.46 bits per heavy atom. The molecule has 3 rings (SSSR count). The minimum atomic E-state index is -0.332. The summed E-state index contributed by atoms with van der Waals surface area (Å²) < 4.78 is 12.9. The monoisotopic (exact) mass is 403 g/mol. The van der Waals surface area contributed by atoms with Crippen molar-refractivity contribution in [1.82, 2.24) is 9.80 Å². The first-order chi connectivity index (χ1) is 13.5. The van der Waals surface area contributed by atoms with Crippen molar-refractivity contribution < 1.29 is 14.0 Å². The predicted molar refractivity (Wildman–Crippen MR) is 110 cm³/mol. The highest BCUT2D eigenvalue weighted by Crippen LogP contribution is 2.24. The highest BCUT2D eigenvalue weighted by molar-refractivity contribution is 7.14. The molecular formula is C21H26FN3O2S. The van der Waals surface area contributed by atoms with Crippen LogP contribution in [-0.4, -0.2) is 54.3 Å². The van der Waals surface area contributed by atoms with Gasteiger partial charge in [0.2, 0.25) is 5.91 Å². The second-order valence-electron chi connectivity index (χ2n) is 7.07. The number of nitrogens with zero attached hydrogens (tertiary/aromatic N) is 2. The molecule has 1 saturated heterocycles. The molecule has 2 aromatic rings. The molecule has 1 aliphatic rings. The van der Waals surface area contributed by atoms with Gasteiger partial charge in [-0.2, -0.15) is 0 Å². The van der Waals surface area contributed by atoms with E-state index in [2.05, 4.69) is 19.2 Å². The van der Waals surface area contributed by atoms with Crippen LogP contribution in [0.3, 0.4) is 0 Å². The molecule has 2 heterocycles. The molecule has 0 unspecified atom stereocenters. The van der Waals surface area contributed by atoms with Gasteiger partial charge in [-0.25, -0.2) is 4.39 Å². The average molecular weight is 404 g/mol. The molecule has 0 radical (unpaired) electrons. The highest BCUT2D eigenvalue weighted by atomic mass is 32.1. The first kappa shape index (κ1) is 20.5. The van der Waals surface area contributed by atoms with Crippen molar-refractivity contribution in [1.29, 1.82) is 0 Å². The van der Waals surface area contributed by atoms with E-state index in [4.69, 9.17) is 0 Å². The van der Waals surface area contributed by atoms with E-state index in [0.717, 1.165) is 17.7 Å². The number of amides is 2. The zero-order valence-electron chi connectivity index (χ0n) is 16.3. The van der Waals surface area contributed by atoms with Crippen LogP contribution in [0, 0.1) is 12.7 Å². The molecule has 1 fully saturated rings. The molecule has 0 spiro atoms. The van der Waals surface area contributed by atoms with Crippen molar-refractivity contribution in [3.8, 4) is 0 Å². The molecule has 1 aliphatic heterocycles. The molecule has 1 aromatic carbocycles. The molecule has 7 heteroatoms. The summed E-state index contributed by atoms with van der Waals surface area (Å²) in [5.74, 6) is -0.378. The zero-order valence-corrected chi connectivity index (χ0v) is 17.2. The van der Waals surface area contributed by atoms with Crippen LogP contribution in [0.1, 0.15) is 33.5 Å². The van der Waals surface area contributed by atoms with Gasteiger partial charge in [-0.15, -0.1) is 11.3 Å². The van der Waals surface area contributed by atoms with Gasteiger partial charge in [0.15, 0.2) is 0 Å². The van der Waals surface area contributed by atoms with Crippen molar-refractivity contribution in [3.63, 3.8) is 0 Å². The van der Waals surface area contributed by atoms with Crippen LogP contribution in [0.15, 0.2) is 30.3 Å². The summed E-state index contributed by atoms with van der Waals surface area (Å²) >= 11 is 1.57. The van der Waals surface area contributed by atoms with Gasteiger partial charge in [-0.1, -0.05) is 13.3 Å². The minimum Gasteiger partial charge on any atom is -0.335 e. The van der Waals surface area contributed by atoms with E-state index in [9.17, 15) is 14.0 Å². The molecule has 2 amide bonds. The number of anilines is 1. The molecule has 0 bridgehead atoms. The smallest absolute Gasteiger partial charge is 0.264 e. The maximum atomic E-state index is 12.9. The Hall–Kier alpha value is -2.25. The van der Waals surface area contributed by atoms with Crippen molar-refractivity contribution in [2.24, 2.45) is 0 Å². The van der Waals surface area contributed by atoms with Crippen molar-refractivity contribution in [3.05, 3.63) is 51.5 Å². The number of thiophene rings is 1. The van der Waals surface area contributed by atoms with Crippen LogP contribution in [0.5, 0.6) is 0 Å². The molecule has 28 heavy (non-hydrogen) atoms. The zero-order chi connectivity index (χ0) is 20.1. The van der Waals surface area contributed by atoms with Gasteiger partial charge >= 0.3 is 0 Å². The van der Waals surface area contributed by atoms with E-state index >= 15 is 0 Å². The van der Waals surface area contributed by atoms with Gasteiger partial charge in [-0.05, 0) is 49.2 Å². The molecule has 5 nitrogen and oxygen atoms in total. The van der Waals surface area contributed by atoms with Crippen molar-refractivity contribution in [2.45, 2.75) is 26.7 Å². The van der Waals surface area contributed by atoms with E-state index < -0.39 is 0 Å². The van der Waals surface area contributed by atoms with Crippen LogP contribution in [0.25, 0.3) is 0 Å². The maximum absolute atomic E-state index is 12.9. The van der Waals surface area contributed by atoms with E-state index in [1.54, 1.807) is 23.5 Å². The Morgan fingerprint density at radius 2 is 1.82 bits per heavy atom. The summed E-state index contributed by atoms with van der Waals surface area (Å²) in [6, 6.07) is 7.75. The molecule has 1 N–H and O–H groups in total. The molecule has 150 valence electrons. The molecular weight excluding hydrogens is 377 g/mol. The third-order valence-electron chi connectivity index (χ3n) is 4.91. The minimum absolute atomic E-state index is 0.0888. The topological polar surface area (TPSA) is 52.7 Å². The fourth-order valence-electron chi connectivity index (χ4n) is 3.34. The Bertz CT molecular complexity index is 827. The first-order valence-electron chi connectivity index (χ1n) is 9.62. The number of carbonyl (C=O) groups is 2. The van der Waals surface area contributed by atoms with Gasteiger partial charge in [0, 0.05) is 36.7 Å². The summed E-state index contributed by atoms with van der Waals surface area (Å²) in [4.78, 5) is 30.9. The number of carbonyl (C=O) groups excluding carboxylic acids is 2. The fourth-order valence-corrected chi connectivity index (χ4v) is 4.38. The Balaban J connectivity index is 1.48. The van der Waals surface area contributed by atoms with Crippen LogP contribution >= 0.6 is 11.3 Å². The normalized spacial score (nSPS) is 14.9. The SMILES string of the molecule is CCCc1cc(C(=O)N2CCN(CC(=O)Nc3ccc(F)cc3)CC2)sc1C. The Morgan fingerprint density at radius 1 is 1.14 bits per heavy atom. The van der Waals surface area contributed by atoms with Crippen LogP contribution in [0.4, 0.5) is 10.1 Å². The quantitative estimate of drug-likeness (QED) is 0.803. The van der Waals surface area contributed by atoms with Crippen molar-refractivity contribution >= 4 is 28.8 Å². The second kappa shape index (κ2) is 9.30. The average Bonchev–Trinajstić information content (AvgIpc) is 3.04. The number of benzene rings is 1. The number of rotatable bonds is 6. The third kappa shape index (κ3) is 5.17. The maximum Gasteiger partial charge on any atom is 0.264 e. The highest BCUT2D eigenvalue weighted by Gasteiger charge is 2.24. The van der Waals surface area contributed by atoms with Gasteiger partial charge in [0.05, 0.1) is 11.4 Å². The number of hydrogen-bond acceptors (Lipinski definition) is 4. The van der Waals surface area contributed by atoms with Crippen LogP contribution in [-0.2, 0) is 11.2 Å².